The van der Waals surface area contributed by atoms with Crippen LogP contribution in [-0.4, -0.2) is 29.7 Å². The molecule has 1 aromatic rings. The fourth-order valence-corrected chi connectivity index (χ4v) is 2.26. The van der Waals surface area contributed by atoms with Crippen molar-refractivity contribution in [2.24, 2.45) is 5.73 Å². The van der Waals surface area contributed by atoms with Crippen molar-refractivity contribution < 1.29 is 13.9 Å². The molecule has 19 heavy (non-hydrogen) atoms. The van der Waals surface area contributed by atoms with E-state index in [2.05, 4.69) is 0 Å². The first kappa shape index (κ1) is 13.9. The van der Waals surface area contributed by atoms with Gasteiger partial charge in [-0.25, -0.2) is 4.79 Å². The van der Waals surface area contributed by atoms with E-state index in [4.69, 9.17) is 14.9 Å². The molecular weight excluding hydrogens is 244 g/mol. The average Bonchev–Trinajstić information content (AvgIpc) is 2.83. The maximum Gasteiger partial charge on any atom is 0.410 e. The van der Waals surface area contributed by atoms with Gasteiger partial charge in [0.1, 0.15) is 11.4 Å². The first-order valence-electron chi connectivity index (χ1n) is 6.52. The summed E-state index contributed by atoms with van der Waals surface area (Å²) < 4.78 is 10.7. The van der Waals surface area contributed by atoms with Crippen molar-refractivity contribution in [3.63, 3.8) is 0 Å². The maximum atomic E-state index is 12.0. The van der Waals surface area contributed by atoms with E-state index in [1.54, 1.807) is 11.2 Å². The Bertz CT molecular complexity index is 475. The van der Waals surface area contributed by atoms with Gasteiger partial charge in [-0.15, -0.1) is 0 Å². The quantitative estimate of drug-likeness (QED) is 0.847. The van der Waals surface area contributed by atoms with Gasteiger partial charge in [-0.1, -0.05) is 0 Å². The summed E-state index contributed by atoms with van der Waals surface area (Å²) in [6.45, 7) is 8.52. The highest BCUT2D eigenvalue weighted by molar-refractivity contribution is 5.68. The molecule has 1 atom stereocenters. The lowest BCUT2D eigenvalue weighted by Gasteiger charge is -2.26. The van der Waals surface area contributed by atoms with Crippen LogP contribution in [0.15, 0.2) is 16.7 Å². The van der Waals surface area contributed by atoms with Gasteiger partial charge in [0, 0.05) is 18.7 Å². The second-order valence-corrected chi connectivity index (χ2v) is 6.25. The van der Waals surface area contributed by atoms with Gasteiger partial charge in [0.15, 0.2) is 0 Å². The number of hydrogen-bond acceptors (Lipinski definition) is 4. The minimum absolute atomic E-state index is 0.306. The van der Waals surface area contributed by atoms with Crippen LogP contribution in [0.1, 0.15) is 38.5 Å². The summed E-state index contributed by atoms with van der Waals surface area (Å²) >= 11 is 0. The highest BCUT2D eigenvalue weighted by atomic mass is 16.6. The lowest BCUT2D eigenvalue weighted by atomic mass is 9.92. The highest BCUT2D eigenvalue weighted by Gasteiger charge is 2.40. The number of hydrogen-bond donors (Lipinski definition) is 1. The first-order chi connectivity index (χ1) is 8.70. The topological polar surface area (TPSA) is 68.7 Å². The molecule has 2 N–H and O–H groups in total. The molecule has 2 rings (SSSR count). The Morgan fingerprint density at radius 2 is 2.21 bits per heavy atom. The molecule has 0 saturated carbocycles. The molecule has 1 fully saturated rings. The molecule has 106 valence electrons. The van der Waals surface area contributed by atoms with Crippen molar-refractivity contribution in [2.75, 3.05) is 13.1 Å². The van der Waals surface area contributed by atoms with Gasteiger partial charge in [-0.2, -0.15) is 0 Å². The van der Waals surface area contributed by atoms with Crippen LogP contribution in [0, 0.1) is 6.92 Å². The zero-order valence-corrected chi connectivity index (χ0v) is 12.0. The zero-order valence-electron chi connectivity index (χ0n) is 12.0. The van der Waals surface area contributed by atoms with E-state index in [0.717, 1.165) is 11.3 Å². The molecule has 0 radical (unpaired) electrons. The number of aryl methyl sites for hydroxylation is 1. The molecule has 0 aromatic carbocycles. The average molecular weight is 266 g/mol. The number of nitrogens with two attached hydrogens (primary N) is 1. The Labute approximate surface area is 113 Å². The van der Waals surface area contributed by atoms with Crippen LogP contribution in [0.2, 0.25) is 0 Å². The van der Waals surface area contributed by atoms with Crippen LogP contribution >= 0.6 is 0 Å². The van der Waals surface area contributed by atoms with Gasteiger partial charge in [-0.3, -0.25) is 0 Å². The maximum absolute atomic E-state index is 12.0. The van der Waals surface area contributed by atoms with Crippen molar-refractivity contribution in [1.29, 1.82) is 0 Å². The Morgan fingerprint density at radius 1 is 1.53 bits per heavy atom. The fraction of sp³-hybridized carbons (Fsp3) is 0.643. The van der Waals surface area contributed by atoms with Crippen LogP contribution in [0.5, 0.6) is 0 Å². The highest BCUT2D eigenvalue weighted by Crippen LogP contribution is 2.31. The first-order valence-corrected chi connectivity index (χ1v) is 6.52. The lowest BCUT2D eigenvalue weighted by molar-refractivity contribution is 0.0284. The third-order valence-corrected chi connectivity index (χ3v) is 3.26. The minimum atomic E-state index is -0.533. The summed E-state index contributed by atoms with van der Waals surface area (Å²) in [4.78, 5) is 13.7. The molecule has 1 aromatic heterocycles. The van der Waals surface area contributed by atoms with Gasteiger partial charge >= 0.3 is 6.09 Å². The largest absolute Gasteiger partial charge is 0.469 e. The van der Waals surface area contributed by atoms with Gasteiger partial charge in [0.05, 0.1) is 11.8 Å². The monoisotopic (exact) mass is 266 g/mol. The lowest BCUT2D eigenvalue weighted by Crippen LogP contribution is -2.42. The van der Waals surface area contributed by atoms with E-state index >= 15 is 0 Å². The molecular formula is C14H22N2O3. The number of likely N-dealkylation sites (tertiary alicyclic amines) is 1. The molecule has 0 aliphatic carbocycles. The Morgan fingerprint density at radius 3 is 2.74 bits per heavy atom. The molecule has 1 amide bonds. The molecule has 1 saturated heterocycles. The molecule has 0 bridgehead atoms. The number of furan rings is 1. The predicted octanol–water partition coefficient (Wildman–Crippen LogP) is 2.38. The third-order valence-electron chi connectivity index (χ3n) is 3.26. The van der Waals surface area contributed by atoms with Gasteiger partial charge < -0.3 is 19.8 Å². The van der Waals surface area contributed by atoms with Crippen LogP contribution in [0.25, 0.3) is 0 Å². The molecule has 1 aliphatic rings. The smallest absolute Gasteiger partial charge is 0.410 e. The second kappa shape index (κ2) is 4.56. The van der Waals surface area contributed by atoms with Crippen molar-refractivity contribution in [2.45, 2.75) is 45.3 Å². The van der Waals surface area contributed by atoms with E-state index in [-0.39, 0.29) is 6.09 Å². The number of rotatable bonds is 1. The Hall–Kier alpha value is -1.49. The van der Waals surface area contributed by atoms with E-state index in [0.29, 0.717) is 19.5 Å². The van der Waals surface area contributed by atoms with Crippen molar-refractivity contribution >= 4 is 6.09 Å². The van der Waals surface area contributed by atoms with E-state index < -0.39 is 11.1 Å². The van der Waals surface area contributed by atoms with Gasteiger partial charge in [-0.05, 0) is 40.2 Å². The summed E-state index contributed by atoms with van der Waals surface area (Å²) in [6, 6.07) is 1.93. The number of amides is 1. The Kier molecular flexibility index (Phi) is 3.34. The van der Waals surface area contributed by atoms with E-state index in [9.17, 15) is 4.79 Å². The zero-order chi connectivity index (χ0) is 14.3. The molecule has 5 heteroatoms. The number of carbonyl (C=O) groups excluding carboxylic acids is 1. The van der Waals surface area contributed by atoms with E-state index in [1.165, 1.54) is 0 Å². The summed E-state index contributed by atoms with van der Waals surface area (Å²) in [6.07, 6.45) is 2.08. The van der Waals surface area contributed by atoms with Crippen LogP contribution in [-0.2, 0) is 10.3 Å². The summed E-state index contributed by atoms with van der Waals surface area (Å²) in [5, 5.41) is 0. The standard InChI is InChI=1S/C14H22N2O3/c1-10-7-11(8-18-10)14(15)5-6-16(9-14)12(17)19-13(2,3)4/h7-8H,5-6,9,15H2,1-4H3. The summed E-state index contributed by atoms with van der Waals surface area (Å²) in [7, 11) is 0. The minimum Gasteiger partial charge on any atom is -0.469 e. The van der Waals surface area contributed by atoms with Gasteiger partial charge in [0.25, 0.3) is 0 Å². The SMILES string of the molecule is Cc1cc(C2(N)CCN(C(=O)OC(C)(C)C)C2)co1. The number of nitrogens with zero attached hydrogens (tertiary/aromatic N) is 1. The van der Waals surface area contributed by atoms with Crippen molar-refractivity contribution in [1.82, 2.24) is 4.90 Å². The molecule has 5 nitrogen and oxygen atoms in total. The molecule has 1 aliphatic heterocycles. The fourth-order valence-electron chi connectivity index (χ4n) is 2.26. The molecule has 1 unspecified atom stereocenters. The normalized spacial score (nSPS) is 23.7. The van der Waals surface area contributed by atoms with Crippen LogP contribution in [0.4, 0.5) is 4.79 Å². The third kappa shape index (κ3) is 3.10. The summed E-state index contributed by atoms with van der Waals surface area (Å²) in [5.74, 6) is 0.829. The molecule has 0 spiro atoms. The molecule has 2 heterocycles. The van der Waals surface area contributed by atoms with Crippen molar-refractivity contribution in [3.8, 4) is 0 Å². The predicted molar refractivity (Wildman–Crippen MR) is 71.7 cm³/mol. The number of ether oxygens (including phenoxy) is 1. The van der Waals surface area contributed by atoms with Crippen LogP contribution in [0.3, 0.4) is 0 Å². The van der Waals surface area contributed by atoms with E-state index in [1.807, 2.05) is 33.8 Å². The van der Waals surface area contributed by atoms with Crippen LogP contribution < -0.4 is 5.73 Å². The van der Waals surface area contributed by atoms with Gasteiger partial charge in [0.2, 0.25) is 0 Å². The summed E-state index contributed by atoms with van der Waals surface area (Å²) in [5.41, 5.74) is 6.30. The Balaban J connectivity index is 2.05. The second-order valence-electron chi connectivity index (χ2n) is 6.25. The number of carbonyl (C=O) groups is 1. The van der Waals surface area contributed by atoms with Crippen molar-refractivity contribution in [3.05, 3.63) is 23.7 Å².